The maximum atomic E-state index is 12.1. The lowest BCUT2D eigenvalue weighted by molar-refractivity contribution is 0.0956. The summed E-state index contributed by atoms with van der Waals surface area (Å²) in [6.45, 7) is 1.92. The van der Waals surface area contributed by atoms with E-state index >= 15 is 0 Å². The fraction of sp³-hybridized carbons (Fsp3) is 0.400. The molecule has 0 atom stereocenters. The first-order valence-electron chi connectivity index (χ1n) is 6.50. The molecule has 0 aliphatic rings. The monoisotopic (exact) mass is 309 g/mol. The SMILES string of the molecule is Cc1ccc(C(=O)NCCS(C)(=O)=O)c(C#CCCO)c1. The van der Waals surface area contributed by atoms with Gasteiger partial charge >= 0.3 is 0 Å². The molecule has 0 aliphatic carbocycles. The lowest BCUT2D eigenvalue weighted by atomic mass is 10.0. The minimum atomic E-state index is -3.11. The molecule has 0 unspecified atom stereocenters. The molecule has 5 nitrogen and oxygen atoms in total. The topological polar surface area (TPSA) is 83.5 Å². The molecule has 0 aromatic heterocycles. The first kappa shape index (κ1) is 17.2. The Morgan fingerprint density at radius 1 is 1.38 bits per heavy atom. The summed E-state index contributed by atoms with van der Waals surface area (Å²) in [6.07, 6.45) is 1.46. The van der Waals surface area contributed by atoms with Crippen LogP contribution in [-0.2, 0) is 9.84 Å². The fourth-order valence-electron chi connectivity index (χ4n) is 1.62. The van der Waals surface area contributed by atoms with Crippen LogP contribution in [0.15, 0.2) is 18.2 Å². The molecule has 0 bridgehead atoms. The van der Waals surface area contributed by atoms with Crippen LogP contribution < -0.4 is 5.32 Å². The van der Waals surface area contributed by atoms with Crippen molar-refractivity contribution in [1.82, 2.24) is 5.32 Å². The average molecular weight is 309 g/mol. The van der Waals surface area contributed by atoms with Crippen LogP contribution >= 0.6 is 0 Å². The van der Waals surface area contributed by atoms with Gasteiger partial charge in [-0.1, -0.05) is 17.9 Å². The quantitative estimate of drug-likeness (QED) is 0.776. The number of benzene rings is 1. The van der Waals surface area contributed by atoms with Gasteiger partial charge in [-0.15, -0.1) is 0 Å². The van der Waals surface area contributed by atoms with Gasteiger partial charge in [0.15, 0.2) is 0 Å². The van der Waals surface area contributed by atoms with Crippen molar-refractivity contribution in [2.45, 2.75) is 13.3 Å². The fourth-order valence-corrected chi connectivity index (χ4v) is 2.09. The molecule has 0 aliphatic heterocycles. The van der Waals surface area contributed by atoms with Crippen molar-refractivity contribution in [3.63, 3.8) is 0 Å². The summed E-state index contributed by atoms with van der Waals surface area (Å²) in [5, 5.41) is 11.3. The van der Waals surface area contributed by atoms with Crippen LogP contribution in [0.5, 0.6) is 0 Å². The Hall–Kier alpha value is -1.84. The van der Waals surface area contributed by atoms with Crippen molar-refractivity contribution in [1.29, 1.82) is 0 Å². The van der Waals surface area contributed by atoms with Crippen LogP contribution in [0.4, 0.5) is 0 Å². The van der Waals surface area contributed by atoms with E-state index in [2.05, 4.69) is 17.2 Å². The summed E-state index contributed by atoms with van der Waals surface area (Å²) < 4.78 is 22.1. The van der Waals surface area contributed by atoms with E-state index in [0.717, 1.165) is 11.8 Å². The average Bonchev–Trinajstić information content (AvgIpc) is 2.37. The van der Waals surface area contributed by atoms with Gasteiger partial charge in [0, 0.05) is 24.8 Å². The number of carbonyl (C=O) groups excluding carboxylic acids is 1. The largest absolute Gasteiger partial charge is 0.395 e. The van der Waals surface area contributed by atoms with Gasteiger partial charge in [-0.25, -0.2) is 8.42 Å². The van der Waals surface area contributed by atoms with Crippen molar-refractivity contribution in [2.24, 2.45) is 0 Å². The number of carbonyl (C=O) groups is 1. The number of nitrogens with one attached hydrogen (secondary N) is 1. The van der Waals surface area contributed by atoms with E-state index in [1.54, 1.807) is 18.2 Å². The molecule has 21 heavy (non-hydrogen) atoms. The second-order valence-corrected chi connectivity index (χ2v) is 6.97. The summed E-state index contributed by atoms with van der Waals surface area (Å²) in [4.78, 5) is 12.1. The van der Waals surface area contributed by atoms with Crippen LogP contribution in [0.3, 0.4) is 0 Å². The lowest BCUT2D eigenvalue weighted by Crippen LogP contribution is -2.29. The predicted octanol–water partition coefficient (Wildman–Crippen LogP) is 0.503. The van der Waals surface area contributed by atoms with E-state index in [1.165, 1.54) is 0 Å². The van der Waals surface area contributed by atoms with Crippen molar-refractivity contribution in [3.05, 3.63) is 34.9 Å². The van der Waals surface area contributed by atoms with Crippen LogP contribution in [-0.4, -0.2) is 44.6 Å². The van der Waals surface area contributed by atoms with Gasteiger partial charge in [0.25, 0.3) is 5.91 Å². The number of amides is 1. The number of hydrogen-bond acceptors (Lipinski definition) is 4. The van der Waals surface area contributed by atoms with E-state index in [0.29, 0.717) is 17.5 Å². The number of sulfone groups is 1. The zero-order chi connectivity index (χ0) is 15.9. The highest BCUT2D eigenvalue weighted by Gasteiger charge is 2.11. The van der Waals surface area contributed by atoms with Gasteiger partial charge in [-0.05, 0) is 24.6 Å². The van der Waals surface area contributed by atoms with Crippen LogP contribution in [0, 0.1) is 18.8 Å². The minimum Gasteiger partial charge on any atom is -0.395 e. The van der Waals surface area contributed by atoms with Crippen molar-refractivity contribution in [2.75, 3.05) is 25.2 Å². The maximum Gasteiger partial charge on any atom is 0.252 e. The van der Waals surface area contributed by atoms with Crippen LogP contribution in [0.25, 0.3) is 0 Å². The first-order valence-corrected chi connectivity index (χ1v) is 8.56. The molecule has 2 N–H and O–H groups in total. The minimum absolute atomic E-state index is 0.0330. The third-order valence-corrected chi connectivity index (χ3v) is 3.58. The predicted molar refractivity (Wildman–Crippen MR) is 81.8 cm³/mol. The molecule has 0 fully saturated rings. The van der Waals surface area contributed by atoms with E-state index in [1.807, 2.05) is 6.92 Å². The standard InChI is InChI=1S/C15H19NO4S/c1-12-6-7-14(13(11-12)5-3-4-9-17)15(18)16-8-10-21(2,19)20/h6-7,11,17H,4,8-10H2,1-2H3,(H,16,18). The molecule has 1 rings (SSSR count). The number of aliphatic hydroxyl groups excluding tert-OH is 1. The summed E-state index contributed by atoms with van der Waals surface area (Å²) in [6, 6.07) is 5.24. The molecule has 1 aromatic carbocycles. The number of aryl methyl sites for hydroxylation is 1. The highest BCUT2D eigenvalue weighted by molar-refractivity contribution is 7.90. The van der Waals surface area contributed by atoms with Gasteiger partial charge in [0.2, 0.25) is 0 Å². The van der Waals surface area contributed by atoms with Gasteiger partial charge < -0.3 is 10.4 Å². The summed E-state index contributed by atoms with van der Waals surface area (Å²) in [7, 11) is -3.11. The highest BCUT2D eigenvalue weighted by atomic mass is 32.2. The zero-order valence-electron chi connectivity index (χ0n) is 12.1. The van der Waals surface area contributed by atoms with Crippen LogP contribution in [0.1, 0.15) is 27.9 Å². The molecule has 0 saturated heterocycles. The van der Waals surface area contributed by atoms with E-state index in [9.17, 15) is 13.2 Å². The number of rotatable bonds is 5. The van der Waals surface area contributed by atoms with E-state index in [-0.39, 0.29) is 24.8 Å². The molecule has 0 saturated carbocycles. The number of aliphatic hydroxyl groups is 1. The Bertz CT molecular complexity index is 669. The van der Waals surface area contributed by atoms with E-state index < -0.39 is 9.84 Å². The summed E-state index contributed by atoms with van der Waals surface area (Å²) >= 11 is 0. The molecule has 0 radical (unpaired) electrons. The second-order valence-electron chi connectivity index (χ2n) is 4.71. The Labute approximate surface area is 125 Å². The zero-order valence-corrected chi connectivity index (χ0v) is 13.0. The van der Waals surface area contributed by atoms with Gasteiger partial charge in [-0.2, -0.15) is 0 Å². The molecule has 6 heteroatoms. The molecular formula is C15H19NO4S. The normalized spacial score (nSPS) is 10.6. The van der Waals surface area contributed by atoms with Gasteiger partial charge in [-0.3, -0.25) is 4.79 Å². The Morgan fingerprint density at radius 3 is 2.71 bits per heavy atom. The molecule has 1 aromatic rings. The summed E-state index contributed by atoms with van der Waals surface area (Å²) in [5.74, 6) is 5.18. The van der Waals surface area contributed by atoms with Crippen molar-refractivity contribution >= 4 is 15.7 Å². The third kappa shape index (κ3) is 6.43. The van der Waals surface area contributed by atoms with Gasteiger partial charge in [0.1, 0.15) is 9.84 Å². The van der Waals surface area contributed by atoms with Crippen LogP contribution in [0.2, 0.25) is 0 Å². The molecule has 1 amide bonds. The van der Waals surface area contributed by atoms with E-state index in [4.69, 9.17) is 5.11 Å². The Morgan fingerprint density at radius 2 is 2.10 bits per heavy atom. The molecule has 114 valence electrons. The van der Waals surface area contributed by atoms with Crippen molar-refractivity contribution in [3.8, 4) is 11.8 Å². The van der Waals surface area contributed by atoms with Gasteiger partial charge in [0.05, 0.1) is 17.9 Å². The maximum absolute atomic E-state index is 12.1. The Kier molecular flexibility index (Phi) is 6.40. The third-order valence-electron chi connectivity index (χ3n) is 2.64. The second kappa shape index (κ2) is 7.81. The lowest BCUT2D eigenvalue weighted by Gasteiger charge is -2.07. The van der Waals surface area contributed by atoms with Crippen molar-refractivity contribution < 1.29 is 18.3 Å². The first-order chi connectivity index (χ1) is 9.83. The Balaban J connectivity index is 2.86. The smallest absolute Gasteiger partial charge is 0.252 e. The highest BCUT2D eigenvalue weighted by Crippen LogP contribution is 2.11. The molecule has 0 spiro atoms. The number of hydrogen-bond donors (Lipinski definition) is 2. The summed E-state index contributed by atoms with van der Waals surface area (Å²) in [5.41, 5.74) is 1.94. The molecular weight excluding hydrogens is 290 g/mol. The molecule has 0 heterocycles.